The minimum atomic E-state index is -0.381. The lowest BCUT2D eigenvalue weighted by Gasteiger charge is -2.29. The summed E-state index contributed by atoms with van der Waals surface area (Å²) in [6, 6.07) is 15.5. The third-order valence-electron chi connectivity index (χ3n) is 6.16. The predicted octanol–water partition coefficient (Wildman–Crippen LogP) is 4.55. The molecule has 0 saturated carbocycles. The van der Waals surface area contributed by atoms with E-state index >= 15 is 0 Å². The van der Waals surface area contributed by atoms with Crippen molar-refractivity contribution in [1.82, 2.24) is 4.90 Å². The fraction of sp³-hybridized carbons (Fsp3) is 0.360. The number of hydrogen-bond acceptors (Lipinski definition) is 5. The molecule has 0 spiro atoms. The summed E-state index contributed by atoms with van der Waals surface area (Å²) in [6.45, 7) is 4.76. The van der Waals surface area contributed by atoms with Crippen LogP contribution < -0.4 is 4.90 Å². The SMILES string of the molecule is CCCC1N=C2c3ccccc3N=C(SC(CC)C(=O)N3CCc4ccccc43)N2C1=O. The van der Waals surface area contributed by atoms with Gasteiger partial charge in [0.15, 0.2) is 5.17 Å². The standard InChI is InChI=1S/C25H26N4O2S/c1-3-9-19-23(30)29-22(26-19)17-11-6-7-12-18(17)27-25(29)32-21(4-2)24(31)28-15-14-16-10-5-8-13-20(16)28/h5-8,10-13,19,21H,3-4,9,14-15H2,1-2H3. The summed E-state index contributed by atoms with van der Waals surface area (Å²) in [6.07, 6.45) is 3.11. The third-order valence-corrected chi connectivity index (χ3v) is 7.46. The van der Waals surface area contributed by atoms with Crippen molar-refractivity contribution in [3.8, 4) is 0 Å². The van der Waals surface area contributed by atoms with Crippen LogP contribution in [0.25, 0.3) is 0 Å². The summed E-state index contributed by atoms with van der Waals surface area (Å²) in [4.78, 5) is 39.8. The van der Waals surface area contributed by atoms with Crippen molar-refractivity contribution < 1.29 is 9.59 Å². The molecule has 6 nitrogen and oxygen atoms in total. The molecule has 0 saturated heterocycles. The Morgan fingerprint density at radius 3 is 2.75 bits per heavy atom. The molecule has 0 N–H and O–H groups in total. The molecule has 5 rings (SSSR count). The molecule has 164 valence electrons. The number of hydrogen-bond donors (Lipinski definition) is 0. The van der Waals surface area contributed by atoms with Gasteiger partial charge in [0.2, 0.25) is 5.91 Å². The van der Waals surface area contributed by atoms with Crippen LogP contribution in [0.4, 0.5) is 11.4 Å². The summed E-state index contributed by atoms with van der Waals surface area (Å²) < 4.78 is 0. The number of benzene rings is 2. The number of fused-ring (bicyclic) bond motifs is 4. The Hall–Kier alpha value is -2.93. The maximum Gasteiger partial charge on any atom is 0.259 e. The lowest BCUT2D eigenvalue weighted by molar-refractivity contribution is -0.124. The lowest BCUT2D eigenvalue weighted by Crippen LogP contribution is -2.43. The van der Waals surface area contributed by atoms with Crippen LogP contribution in [0, 0.1) is 0 Å². The van der Waals surface area contributed by atoms with Gasteiger partial charge < -0.3 is 4.90 Å². The quantitative estimate of drug-likeness (QED) is 0.677. The van der Waals surface area contributed by atoms with Crippen LogP contribution >= 0.6 is 11.8 Å². The second kappa shape index (κ2) is 8.54. The number of amidine groups is 2. The number of thioether (sulfide) groups is 1. The highest BCUT2D eigenvalue weighted by molar-refractivity contribution is 8.15. The Morgan fingerprint density at radius 2 is 1.94 bits per heavy atom. The molecule has 3 heterocycles. The summed E-state index contributed by atoms with van der Waals surface area (Å²) >= 11 is 1.38. The minimum Gasteiger partial charge on any atom is -0.311 e. The maximum atomic E-state index is 13.5. The van der Waals surface area contributed by atoms with Gasteiger partial charge in [-0.25, -0.2) is 9.89 Å². The van der Waals surface area contributed by atoms with Crippen LogP contribution in [0.15, 0.2) is 58.5 Å². The molecule has 3 aliphatic heterocycles. The van der Waals surface area contributed by atoms with E-state index in [0.717, 1.165) is 29.8 Å². The average molecular weight is 447 g/mol. The molecule has 0 aliphatic carbocycles. The average Bonchev–Trinajstić information content (AvgIpc) is 3.39. The van der Waals surface area contributed by atoms with E-state index in [9.17, 15) is 9.59 Å². The first-order valence-electron chi connectivity index (χ1n) is 11.3. The van der Waals surface area contributed by atoms with Gasteiger partial charge in [-0.2, -0.15) is 0 Å². The van der Waals surface area contributed by atoms with Gasteiger partial charge in [0.1, 0.15) is 11.9 Å². The van der Waals surface area contributed by atoms with Gasteiger partial charge in [0.05, 0.1) is 10.9 Å². The van der Waals surface area contributed by atoms with E-state index in [2.05, 4.69) is 13.0 Å². The second-order valence-corrected chi connectivity index (χ2v) is 9.40. The summed E-state index contributed by atoms with van der Waals surface area (Å²) in [5.41, 5.74) is 3.87. The monoisotopic (exact) mass is 446 g/mol. The van der Waals surface area contributed by atoms with Gasteiger partial charge >= 0.3 is 0 Å². The van der Waals surface area contributed by atoms with Crippen molar-refractivity contribution >= 4 is 46.0 Å². The Balaban J connectivity index is 1.46. The fourth-order valence-electron chi connectivity index (χ4n) is 4.52. The van der Waals surface area contributed by atoms with Gasteiger partial charge in [-0.15, -0.1) is 0 Å². The lowest BCUT2D eigenvalue weighted by atomic mass is 10.1. The van der Waals surface area contributed by atoms with Crippen molar-refractivity contribution in [1.29, 1.82) is 0 Å². The number of carbonyl (C=O) groups is 2. The van der Waals surface area contributed by atoms with Crippen LogP contribution in [-0.2, 0) is 16.0 Å². The number of anilines is 1. The van der Waals surface area contributed by atoms with Gasteiger partial charge in [-0.3, -0.25) is 14.6 Å². The smallest absolute Gasteiger partial charge is 0.259 e. The van der Waals surface area contributed by atoms with Crippen molar-refractivity contribution in [3.63, 3.8) is 0 Å². The Labute approximate surface area is 192 Å². The van der Waals surface area contributed by atoms with Crippen LogP contribution in [0.2, 0.25) is 0 Å². The second-order valence-electron chi connectivity index (χ2n) is 8.23. The molecule has 0 radical (unpaired) electrons. The van der Waals surface area contributed by atoms with E-state index in [0.29, 0.717) is 30.4 Å². The highest BCUT2D eigenvalue weighted by Crippen LogP contribution is 2.37. The Bertz CT molecular complexity index is 1140. The van der Waals surface area contributed by atoms with Gasteiger partial charge in [0.25, 0.3) is 5.91 Å². The topological polar surface area (TPSA) is 65.3 Å². The molecular weight excluding hydrogens is 420 g/mol. The van der Waals surface area contributed by atoms with Crippen LogP contribution in [0.5, 0.6) is 0 Å². The first-order valence-corrected chi connectivity index (χ1v) is 12.2. The molecule has 2 unspecified atom stereocenters. The molecule has 0 bridgehead atoms. The molecule has 2 amide bonds. The molecule has 2 aromatic carbocycles. The number of carbonyl (C=O) groups excluding carboxylic acids is 2. The Morgan fingerprint density at radius 1 is 1.16 bits per heavy atom. The van der Waals surface area contributed by atoms with Crippen LogP contribution in [0.1, 0.15) is 44.2 Å². The molecule has 0 fully saturated rings. The number of amides is 2. The van der Waals surface area contributed by atoms with Gasteiger partial charge in [-0.1, -0.05) is 62.4 Å². The molecule has 7 heteroatoms. The number of rotatable bonds is 5. The maximum absolute atomic E-state index is 13.5. The zero-order valence-electron chi connectivity index (χ0n) is 18.3. The summed E-state index contributed by atoms with van der Waals surface area (Å²) in [7, 11) is 0. The molecule has 3 aliphatic rings. The van der Waals surface area contributed by atoms with Crippen molar-refractivity contribution in [3.05, 3.63) is 59.7 Å². The van der Waals surface area contributed by atoms with Gasteiger partial charge in [-0.05, 0) is 43.0 Å². The van der Waals surface area contributed by atoms with E-state index < -0.39 is 0 Å². The van der Waals surface area contributed by atoms with Crippen LogP contribution in [0.3, 0.4) is 0 Å². The van der Waals surface area contributed by atoms with E-state index in [4.69, 9.17) is 9.98 Å². The van der Waals surface area contributed by atoms with E-state index in [-0.39, 0.29) is 23.1 Å². The van der Waals surface area contributed by atoms with Crippen molar-refractivity contribution in [2.75, 3.05) is 11.4 Å². The van der Waals surface area contributed by atoms with Crippen molar-refractivity contribution in [2.45, 2.75) is 50.8 Å². The van der Waals surface area contributed by atoms with Crippen LogP contribution in [-0.4, -0.2) is 45.6 Å². The molecular formula is C25H26N4O2S. The zero-order valence-corrected chi connectivity index (χ0v) is 19.1. The highest BCUT2D eigenvalue weighted by atomic mass is 32.2. The Kier molecular flexibility index (Phi) is 5.59. The highest BCUT2D eigenvalue weighted by Gasteiger charge is 2.42. The number of para-hydroxylation sites is 2. The minimum absolute atomic E-state index is 0.0450. The number of nitrogens with zero attached hydrogens (tertiary/aromatic N) is 4. The van der Waals surface area contributed by atoms with Crippen molar-refractivity contribution in [2.24, 2.45) is 9.98 Å². The zero-order chi connectivity index (χ0) is 22.2. The summed E-state index contributed by atoms with van der Waals surface area (Å²) in [5, 5.41) is 0.225. The van der Waals surface area contributed by atoms with E-state index in [1.54, 1.807) is 4.90 Å². The third kappa shape index (κ3) is 3.45. The first-order chi connectivity index (χ1) is 15.6. The molecule has 0 aromatic heterocycles. The van der Waals surface area contributed by atoms with E-state index in [1.165, 1.54) is 17.3 Å². The summed E-state index contributed by atoms with van der Waals surface area (Å²) in [5.74, 6) is 0.686. The number of aliphatic imine (C=N–C) groups is 2. The van der Waals surface area contributed by atoms with Gasteiger partial charge in [0, 0.05) is 17.8 Å². The largest absolute Gasteiger partial charge is 0.311 e. The molecule has 32 heavy (non-hydrogen) atoms. The normalized spacial score (nSPS) is 19.8. The first kappa shape index (κ1) is 20.9. The van der Waals surface area contributed by atoms with E-state index in [1.807, 2.05) is 54.3 Å². The fourth-order valence-corrected chi connectivity index (χ4v) is 5.60. The molecule has 2 aromatic rings. The predicted molar refractivity (Wildman–Crippen MR) is 130 cm³/mol. The molecule has 2 atom stereocenters.